The van der Waals surface area contributed by atoms with E-state index in [4.69, 9.17) is 9.90 Å². The maximum absolute atomic E-state index is 12.9. The lowest BCUT2D eigenvalue weighted by Gasteiger charge is -2.22. The van der Waals surface area contributed by atoms with Gasteiger partial charge in [0.25, 0.3) is 0 Å². The van der Waals surface area contributed by atoms with Gasteiger partial charge in [-0.2, -0.15) is 13.2 Å². The van der Waals surface area contributed by atoms with E-state index in [1.54, 1.807) is 4.31 Å². The Kier molecular flexibility index (Phi) is 8.86. The van der Waals surface area contributed by atoms with Gasteiger partial charge in [0, 0.05) is 38.6 Å². The smallest absolute Gasteiger partial charge is 0.475 e. The van der Waals surface area contributed by atoms with Gasteiger partial charge >= 0.3 is 12.1 Å². The van der Waals surface area contributed by atoms with Crippen LogP contribution >= 0.6 is 0 Å². The molecule has 0 aliphatic carbocycles. The van der Waals surface area contributed by atoms with Crippen molar-refractivity contribution in [2.45, 2.75) is 57.9 Å². The molecule has 0 spiro atoms. The van der Waals surface area contributed by atoms with Crippen molar-refractivity contribution in [3.05, 3.63) is 18.0 Å². The van der Waals surface area contributed by atoms with Crippen molar-refractivity contribution in [3.63, 3.8) is 0 Å². The fourth-order valence-corrected chi connectivity index (χ4v) is 6.06. The zero-order valence-corrected chi connectivity index (χ0v) is 19.4. The summed E-state index contributed by atoms with van der Waals surface area (Å²) in [6, 6.07) is 0. The molecule has 2 aliphatic rings. The minimum absolute atomic E-state index is 0.233. The average molecular weight is 481 g/mol. The summed E-state index contributed by atoms with van der Waals surface area (Å²) in [5.74, 6) is -1.27. The first kappa shape index (κ1) is 26.3. The predicted octanol–water partition coefficient (Wildman–Crippen LogP) is 2.95. The third-order valence-electron chi connectivity index (χ3n) is 5.74. The lowest BCUT2D eigenvalue weighted by Crippen LogP contribution is -2.33. The Balaban J connectivity index is 0.000000451. The molecular formula is C20H31F3N4O4S. The van der Waals surface area contributed by atoms with Gasteiger partial charge in [0.2, 0.25) is 16.0 Å². The van der Waals surface area contributed by atoms with Crippen LogP contribution in [0.25, 0.3) is 0 Å². The second kappa shape index (κ2) is 10.8. The van der Waals surface area contributed by atoms with Gasteiger partial charge in [-0.25, -0.2) is 27.5 Å². The van der Waals surface area contributed by atoms with E-state index in [0.717, 1.165) is 37.3 Å². The molecule has 3 rings (SSSR count). The molecule has 1 aromatic heterocycles. The zero-order valence-electron chi connectivity index (χ0n) is 18.5. The summed E-state index contributed by atoms with van der Waals surface area (Å²) in [7, 11) is -3.16. The summed E-state index contributed by atoms with van der Waals surface area (Å²) in [4.78, 5) is 20.0. The molecule has 0 bridgehead atoms. The maximum atomic E-state index is 12.9. The first-order valence-electron chi connectivity index (χ1n) is 10.7. The number of aromatic nitrogens is 2. The second-order valence-electron chi connectivity index (χ2n) is 8.50. The van der Waals surface area contributed by atoms with Gasteiger partial charge in [0.1, 0.15) is 0 Å². The highest BCUT2D eigenvalue weighted by atomic mass is 32.2. The highest BCUT2D eigenvalue weighted by Crippen LogP contribution is 2.35. The minimum Gasteiger partial charge on any atom is -0.475 e. The van der Waals surface area contributed by atoms with Gasteiger partial charge in [-0.3, -0.25) is 0 Å². The molecule has 0 radical (unpaired) electrons. The van der Waals surface area contributed by atoms with E-state index >= 15 is 0 Å². The number of alkyl halides is 3. The number of fused-ring (bicyclic) bond motifs is 1. The van der Waals surface area contributed by atoms with Crippen LogP contribution in [0.5, 0.6) is 0 Å². The molecular weight excluding hydrogens is 449 g/mol. The van der Waals surface area contributed by atoms with Crippen LogP contribution in [-0.2, 0) is 21.2 Å². The van der Waals surface area contributed by atoms with E-state index in [1.165, 1.54) is 0 Å². The van der Waals surface area contributed by atoms with Gasteiger partial charge in [-0.1, -0.05) is 20.8 Å². The number of aliphatic carboxylic acids is 1. The van der Waals surface area contributed by atoms with E-state index in [-0.39, 0.29) is 11.2 Å². The first-order chi connectivity index (χ1) is 14.9. The van der Waals surface area contributed by atoms with Crippen LogP contribution in [0.15, 0.2) is 12.4 Å². The number of sulfonamides is 1. The molecule has 2 fully saturated rings. The van der Waals surface area contributed by atoms with Crippen molar-refractivity contribution in [1.82, 2.24) is 14.3 Å². The summed E-state index contributed by atoms with van der Waals surface area (Å²) >= 11 is 0. The summed E-state index contributed by atoms with van der Waals surface area (Å²) in [5, 5.41) is 6.89. The number of hydrogen-bond acceptors (Lipinski definition) is 6. The molecule has 0 amide bonds. The van der Waals surface area contributed by atoms with Crippen molar-refractivity contribution in [3.8, 4) is 0 Å². The lowest BCUT2D eigenvalue weighted by atomic mass is 10.0. The Morgan fingerprint density at radius 3 is 2.28 bits per heavy atom. The van der Waals surface area contributed by atoms with Crippen LogP contribution in [0.4, 0.5) is 19.1 Å². The third kappa shape index (κ3) is 6.77. The van der Waals surface area contributed by atoms with Crippen molar-refractivity contribution >= 4 is 21.9 Å². The summed E-state index contributed by atoms with van der Waals surface area (Å²) in [6.45, 7) is 9.26. The fourth-order valence-electron chi connectivity index (χ4n) is 3.81. The zero-order chi connectivity index (χ0) is 24.1. The maximum Gasteiger partial charge on any atom is 0.490 e. The number of carbonyl (C=O) groups is 1. The quantitative estimate of drug-likeness (QED) is 0.691. The van der Waals surface area contributed by atoms with Crippen LogP contribution < -0.4 is 4.90 Å². The number of halogens is 3. The molecule has 1 N–H and O–H groups in total. The van der Waals surface area contributed by atoms with Crippen molar-refractivity contribution in [2.24, 2.45) is 11.8 Å². The minimum atomic E-state index is -5.08. The Morgan fingerprint density at radius 2 is 1.78 bits per heavy atom. The Labute approximate surface area is 186 Å². The second-order valence-corrected chi connectivity index (χ2v) is 10.6. The summed E-state index contributed by atoms with van der Waals surface area (Å²) < 4.78 is 59.3. The van der Waals surface area contributed by atoms with E-state index in [0.29, 0.717) is 32.0 Å². The lowest BCUT2D eigenvalue weighted by molar-refractivity contribution is -0.192. The third-order valence-corrected chi connectivity index (χ3v) is 8.18. The molecule has 2 aliphatic heterocycles. The van der Waals surface area contributed by atoms with Gasteiger partial charge in [-0.15, -0.1) is 0 Å². The number of nitrogens with zero attached hydrogens (tertiary/aromatic N) is 4. The Bertz CT molecular complexity index is 863. The standard InChI is InChI=1S/C18H30N4O2S.C2HF3O2/c1-4-15-11-19-18(20-12-15)21-8-6-16-13-22(10-5-14(2)3)25(23,24)17(16)7-9-21;3-2(4,5)1(6)7/h11-12,14,16-17H,4-10,13H2,1-3H3;(H,6,7)/t16-,17-;/m1./s1. The van der Waals surface area contributed by atoms with Crippen molar-refractivity contribution < 1.29 is 31.5 Å². The molecule has 2 saturated heterocycles. The average Bonchev–Trinajstić information content (AvgIpc) is 2.85. The number of aryl methyl sites for hydroxylation is 1. The summed E-state index contributed by atoms with van der Waals surface area (Å²) in [6.07, 6.45) is 2.08. The van der Waals surface area contributed by atoms with E-state index in [1.807, 2.05) is 12.4 Å². The Morgan fingerprint density at radius 1 is 1.22 bits per heavy atom. The van der Waals surface area contributed by atoms with Gasteiger partial charge in [0.05, 0.1) is 5.25 Å². The topological polar surface area (TPSA) is 104 Å². The molecule has 0 unspecified atom stereocenters. The SMILES string of the molecule is CCc1cnc(N2CC[C@@H]3CN(CCC(C)C)S(=O)(=O)[C@@H]3CC2)nc1.O=C(O)C(F)(F)F. The molecule has 182 valence electrons. The van der Waals surface area contributed by atoms with Gasteiger partial charge in [0.15, 0.2) is 0 Å². The predicted molar refractivity (Wildman–Crippen MR) is 114 cm³/mol. The van der Waals surface area contributed by atoms with Gasteiger partial charge in [-0.05, 0) is 43.1 Å². The molecule has 1 aromatic rings. The molecule has 3 heterocycles. The van der Waals surface area contributed by atoms with E-state index in [9.17, 15) is 21.6 Å². The highest BCUT2D eigenvalue weighted by molar-refractivity contribution is 7.90. The monoisotopic (exact) mass is 480 g/mol. The number of carboxylic acids is 1. The van der Waals surface area contributed by atoms with E-state index in [2.05, 4.69) is 35.6 Å². The summed E-state index contributed by atoms with van der Waals surface area (Å²) in [5.41, 5.74) is 1.12. The molecule has 0 saturated carbocycles. The van der Waals surface area contributed by atoms with Crippen molar-refractivity contribution in [2.75, 3.05) is 31.1 Å². The molecule has 32 heavy (non-hydrogen) atoms. The molecule has 8 nitrogen and oxygen atoms in total. The number of carboxylic acid groups (broad SMARTS) is 1. The number of anilines is 1. The highest BCUT2D eigenvalue weighted by Gasteiger charge is 2.46. The Hall–Kier alpha value is -1.95. The number of hydrogen-bond donors (Lipinski definition) is 1. The molecule has 12 heteroatoms. The van der Waals surface area contributed by atoms with E-state index < -0.39 is 22.2 Å². The van der Waals surface area contributed by atoms with Crippen LogP contribution in [0, 0.1) is 11.8 Å². The van der Waals surface area contributed by atoms with Crippen LogP contribution in [-0.4, -0.2) is 71.4 Å². The fraction of sp³-hybridized carbons (Fsp3) is 0.750. The van der Waals surface area contributed by atoms with Crippen LogP contribution in [0.3, 0.4) is 0 Å². The van der Waals surface area contributed by atoms with Crippen LogP contribution in [0.1, 0.15) is 45.6 Å². The van der Waals surface area contributed by atoms with Crippen molar-refractivity contribution in [1.29, 1.82) is 0 Å². The molecule has 0 aromatic carbocycles. The molecule has 2 atom stereocenters. The first-order valence-corrected chi connectivity index (χ1v) is 12.2. The van der Waals surface area contributed by atoms with Gasteiger partial charge < -0.3 is 10.0 Å². The van der Waals surface area contributed by atoms with Crippen LogP contribution in [0.2, 0.25) is 0 Å². The number of rotatable bonds is 5. The normalized spacial score (nSPS) is 23.3. The largest absolute Gasteiger partial charge is 0.490 e.